The number of ether oxygens (including phenoxy) is 3. The third kappa shape index (κ3) is 5.35. The molecule has 0 fully saturated rings. The first kappa shape index (κ1) is 19.9. The Bertz CT molecular complexity index is 984. The number of hydrogen-bond donors (Lipinski definition) is 1. The van der Waals surface area contributed by atoms with E-state index in [1.807, 2.05) is 54.6 Å². The van der Waals surface area contributed by atoms with Crippen molar-refractivity contribution >= 4 is 17.9 Å². The van der Waals surface area contributed by atoms with Crippen LogP contribution in [0.15, 0.2) is 77.8 Å². The molecule has 1 N–H and O–H groups in total. The van der Waals surface area contributed by atoms with Gasteiger partial charge in [-0.3, -0.25) is 4.99 Å². The minimum absolute atomic E-state index is 0.331. The molecule has 3 rings (SSSR count). The van der Waals surface area contributed by atoms with Gasteiger partial charge in [-0.1, -0.05) is 24.3 Å². The van der Waals surface area contributed by atoms with Crippen molar-refractivity contribution < 1.29 is 24.1 Å². The smallest absolute Gasteiger partial charge is 0.344 e. The SMILES string of the molecule is COc1cccc(C=Nc2ccc(Oc3ccccc3)cc2)c1O[C@@H](C)C(=O)O. The van der Waals surface area contributed by atoms with Gasteiger partial charge in [0.05, 0.1) is 12.8 Å². The number of carboxylic acids is 1. The zero-order chi connectivity index (χ0) is 20.6. The number of methoxy groups -OCH3 is 1. The molecule has 0 saturated heterocycles. The van der Waals surface area contributed by atoms with Gasteiger partial charge in [-0.25, -0.2) is 4.79 Å². The number of benzene rings is 3. The molecule has 0 unspecified atom stereocenters. The van der Waals surface area contributed by atoms with Gasteiger partial charge in [0.15, 0.2) is 17.6 Å². The molecule has 0 aliphatic heterocycles. The van der Waals surface area contributed by atoms with E-state index in [-0.39, 0.29) is 0 Å². The maximum Gasteiger partial charge on any atom is 0.344 e. The Hall–Kier alpha value is -3.80. The van der Waals surface area contributed by atoms with Gasteiger partial charge in [0.1, 0.15) is 11.5 Å². The van der Waals surface area contributed by atoms with Crippen LogP contribution in [0.2, 0.25) is 0 Å². The number of carboxylic acid groups (broad SMARTS) is 1. The van der Waals surface area contributed by atoms with E-state index in [4.69, 9.17) is 19.3 Å². The van der Waals surface area contributed by atoms with E-state index in [0.717, 1.165) is 5.75 Å². The molecule has 3 aromatic carbocycles. The summed E-state index contributed by atoms with van der Waals surface area (Å²) in [5, 5.41) is 9.13. The van der Waals surface area contributed by atoms with Gasteiger partial charge in [0.25, 0.3) is 0 Å². The third-order valence-corrected chi connectivity index (χ3v) is 4.04. The highest BCUT2D eigenvalue weighted by atomic mass is 16.5. The summed E-state index contributed by atoms with van der Waals surface area (Å²) in [5.41, 5.74) is 1.33. The molecule has 0 bridgehead atoms. The summed E-state index contributed by atoms with van der Waals surface area (Å²) in [7, 11) is 1.50. The van der Waals surface area contributed by atoms with Crippen LogP contribution in [-0.4, -0.2) is 30.5 Å². The van der Waals surface area contributed by atoms with E-state index in [0.29, 0.717) is 28.5 Å². The van der Waals surface area contributed by atoms with Crippen molar-refractivity contribution in [3.8, 4) is 23.0 Å². The summed E-state index contributed by atoms with van der Waals surface area (Å²) in [6.45, 7) is 1.46. The molecule has 0 amide bonds. The molecule has 0 radical (unpaired) electrons. The Kier molecular flexibility index (Phi) is 6.47. The Morgan fingerprint density at radius 1 is 0.966 bits per heavy atom. The monoisotopic (exact) mass is 391 g/mol. The van der Waals surface area contributed by atoms with E-state index < -0.39 is 12.1 Å². The summed E-state index contributed by atoms with van der Waals surface area (Å²) in [5.74, 6) is 1.17. The molecule has 0 saturated carbocycles. The van der Waals surface area contributed by atoms with Crippen molar-refractivity contribution in [3.05, 3.63) is 78.4 Å². The number of aliphatic carboxylic acids is 1. The summed E-state index contributed by atoms with van der Waals surface area (Å²) < 4.78 is 16.6. The minimum atomic E-state index is -1.06. The van der Waals surface area contributed by atoms with Crippen molar-refractivity contribution in [2.75, 3.05) is 7.11 Å². The van der Waals surface area contributed by atoms with E-state index >= 15 is 0 Å². The summed E-state index contributed by atoms with van der Waals surface area (Å²) in [6.07, 6.45) is 0.590. The van der Waals surface area contributed by atoms with Gasteiger partial charge < -0.3 is 19.3 Å². The first-order chi connectivity index (χ1) is 14.1. The summed E-state index contributed by atoms with van der Waals surface area (Å²) >= 11 is 0. The van der Waals surface area contributed by atoms with Gasteiger partial charge in [-0.15, -0.1) is 0 Å². The van der Waals surface area contributed by atoms with Crippen LogP contribution in [0.1, 0.15) is 12.5 Å². The van der Waals surface area contributed by atoms with Crippen LogP contribution in [0.25, 0.3) is 0 Å². The summed E-state index contributed by atoms with van der Waals surface area (Å²) in [6, 6.07) is 22.1. The van der Waals surface area contributed by atoms with Crippen molar-refractivity contribution in [2.45, 2.75) is 13.0 Å². The average molecular weight is 391 g/mol. The molecule has 0 spiro atoms. The molecular weight excluding hydrogens is 370 g/mol. The molecule has 6 heteroatoms. The molecule has 0 aliphatic carbocycles. The number of aliphatic imine (C=N–C) groups is 1. The minimum Gasteiger partial charge on any atom is -0.493 e. The third-order valence-electron chi connectivity index (χ3n) is 4.04. The van der Waals surface area contributed by atoms with Crippen LogP contribution in [0.3, 0.4) is 0 Å². The standard InChI is InChI=1S/C23H21NO5/c1-16(23(25)26)28-22-17(7-6-10-21(22)27-2)15-24-18-11-13-20(14-12-18)29-19-8-4-3-5-9-19/h3-16H,1-2H3,(H,25,26)/t16-/m0/s1. The Morgan fingerprint density at radius 2 is 1.66 bits per heavy atom. The fraction of sp³-hybridized carbons (Fsp3) is 0.130. The van der Waals surface area contributed by atoms with Crippen LogP contribution in [0.5, 0.6) is 23.0 Å². The van der Waals surface area contributed by atoms with Crippen LogP contribution in [0, 0.1) is 0 Å². The number of nitrogens with zero attached hydrogens (tertiary/aromatic N) is 1. The van der Waals surface area contributed by atoms with E-state index in [2.05, 4.69) is 4.99 Å². The lowest BCUT2D eigenvalue weighted by Gasteiger charge is -2.15. The predicted molar refractivity (Wildman–Crippen MR) is 111 cm³/mol. The molecule has 0 heterocycles. The number of hydrogen-bond acceptors (Lipinski definition) is 5. The first-order valence-corrected chi connectivity index (χ1v) is 9.00. The number of carbonyl (C=O) groups is 1. The average Bonchev–Trinajstić information content (AvgIpc) is 2.74. The predicted octanol–water partition coefficient (Wildman–Crippen LogP) is 5.09. The van der Waals surface area contributed by atoms with Crippen LogP contribution in [-0.2, 0) is 4.79 Å². The quantitative estimate of drug-likeness (QED) is 0.541. The highest BCUT2D eigenvalue weighted by molar-refractivity contribution is 5.87. The molecule has 1 atom stereocenters. The van der Waals surface area contributed by atoms with Crippen molar-refractivity contribution in [1.82, 2.24) is 0 Å². The molecular formula is C23H21NO5. The lowest BCUT2D eigenvalue weighted by atomic mass is 10.2. The highest BCUT2D eigenvalue weighted by Crippen LogP contribution is 2.31. The van der Waals surface area contributed by atoms with Crippen molar-refractivity contribution in [3.63, 3.8) is 0 Å². The van der Waals surface area contributed by atoms with Crippen LogP contribution in [0.4, 0.5) is 5.69 Å². The normalized spacial score (nSPS) is 11.8. The second kappa shape index (κ2) is 9.41. The lowest BCUT2D eigenvalue weighted by molar-refractivity contribution is -0.144. The number of para-hydroxylation sites is 2. The van der Waals surface area contributed by atoms with Gasteiger partial charge in [-0.2, -0.15) is 0 Å². The van der Waals surface area contributed by atoms with Crippen molar-refractivity contribution in [2.24, 2.45) is 4.99 Å². The molecule has 0 aliphatic rings. The second-order valence-electron chi connectivity index (χ2n) is 6.14. The fourth-order valence-electron chi connectivity index (χ4n) is 2.52. The molecule has 0 aromatic heterocycles. The largest absolute Gasteiger partial charge is 0.493 e. The molecule has 3 aromatic rings. The maximum absolute atomic E-state index is 11.1. The Balaban J connectivity index is 1.78. The number of rotatable bonds is 8. The van der Waals surface area contributed by atoms with Gasteiger partial charge in [0, 0.05) is 11.8 Å². The summed E-state index contributed by atoms with van der Waals surface area (Å²) in [4.78, 5) is 15.6. The zero-order valence-corrected chi connectivity index (χ0v) is 16.1. The zero-order valence-electron chi connectivity index (χ0n) is 16.1. The second-order valence-corrected chi connectivity index (χ2v) is 6.14. The Morgan fingerprint density at radius 3 is 2.31 bits per heavy atom. The van der Waals surface area contributed by atoms with Crippen LogP contribution < -0.4 is 14.2 Å². The first-order valence-electron chi connectivity index (χ1n) is 9.00. The van der Waals surface area contributed by atoms with Crippen molar-refractivity contribution in [1.29, 1.82) is 0 Å². The lowest BCUT2D eigenvalue weighted by Crippen LogP contribution is -2.23. The van der Waals surface area contributed by atoms with Gasteiger partial charge >= 0.3 is 5.97 Å². The maximum atomic E-state index is 11.1. The van der Waals surface area contributed by atoms with Gasteiger partial charge in [-0.05, 0) is 55.5 Å². The van der Waals surface area contributed by atoms with E-state index in [9.17, 15) is 4.79 Å². The topological polar surface area (TPSA) is 77.3 Å². The van der Waals surface area contributed by atoms with Gasteiger partial charge in [0.2, 0.25) is 0 Å². The fourth-order valence-corrected chi connectivity index (χ4v) is 2.52. The molecule has 148 valence electrons. The molecule has 29 heavy (non-hydrogen) atoms. The van der Waals surface area contributed by atoms with E-state index in [1.54, 1.807) is 24.4 Å². The highest BCUT2D eigenvalue weighted by Gasteiger charge is 2.17. The van der Waals surface area contributed by atoms with E-state index in [1.165, 1.54) is 14.0 Å². The van der Waals surface area contributed by atoms with Crippen LogP contribution >= 0.6 is 0 Å². The Labute approximate surface area is 169 Å². The molecule has 6 nitrogen and oxygen atoms in total.